The SMILES string of the molecule is CCc1ccccc1N(OC(=O)c1ccccc1)OC(=O)c1ccccc1. The number of carbonyl (C=O) groups is 2. The van der Waals surface area contributed by atoms with Gasteiger partial charge in [0.15, 0.2) is 0 Å². The van der Waals surface area contributed by atoms with E-state index in [1.54, 1.807) is 72.8 Å². The van der Waals surface area contributed by atoms with Crippen LogP contribution in [0.5, 0.6) is 0 Å². The van der Waals surface area contributed by atoms with Crippen molar-refractivity contribution in [3.63, 3.8) is 0 Å². The van der Waals surface area contributed by atoms with Gasteiger partial charge in [-0.1, -0.05) is 61.5 Å². The Morgan fingerprint density at radius 3 is 1.63 bits per heavy atom. The molecule has 0 bridgehead atoms. The lowest BCUT2D eigenvalue weighted by Gasteiger charge is -2.23. The molecule has 0 fully saturated rings. The third-order valence-electron chi connectivity index (χ3n) is 3.92. The van der Waals surface area contributed by atoms with Crippen molar-refractivity contribution < 1.29 is 19.3 Å². The fourth-order valence-corrected chi connectivity index (χ4v) is 2.51. The molecule has 5 nitrogen and oxygen atoms in total. The number of aryl methyl sites for hydroxylation is 1. The van der Waals surface area contributed by atoms with E-state index in [0.717, 1.165) is 10.8 Å². The maximum atomic E-state index is 12.5. The maximum Gasteiger partial charge on any atom is 0.367 e. The predicted octanol–water partition coefficient (Wildman–Crippen LogP) is 4.60. The Hall–Kier alpha value is -3.60. The zero-order valence-corrected chi connectivity index (χ0v) is 14.9. The van der Waals surface area contributed by atoms with Gasteiger partial charge in [-0.2, -0.15) is 0 Å². The summed E-state index contributed by atoms with van der Waals surface area (Å²) in [5.74, 6) is -1.25. The second-order valence-corrected chi connectivity index (χ2v) is 5.73. The van der Waals surface area contributed by atoms with Gasteiger partial charge in [0.1, 0.15) is 5.69 Å². The number of anilines is 1. The summed E-state index contributed by atoms with van der Waals surface area (Å²) in [6.45, 7) is 1.97. The van der Waals surface area contributed by atoms with E-state index in [1.165, 1.54) is 0 Å². The molecule has 0 saturated carbocycles. The second-order valence-electron chi connectivity index (χ2n) is 5.73. The number of para-hydroxylation sites is 1. The molecule has 0 aliphatic heterocycles. The summed E-state index contributed by atoms with van der Waals surface area (Å²) in [4.78, 5) is 35.8. The molecule has 27 heavy (non-hydrogen) atoms. The van der Waals surface area contributed by atoms with Crippen molar-refractivity contribution in [3.8, 4) is 0 Å². The Morgan fingerprint density at radius 2 is 1.15 bits per heavy atom. The van der Waals surface area contributed by atoms with Gasteiger partial charge < -0.3 is 9.68 Å². The predicted molar refractivity (Wildman–Crippen MR) is 102 cm³/mol. The van der Waals surface area contributed by atoms with E-state index in [2.05, 4.69) is 0 Å². The summed E-state index contributed by atoms with van der Waals surface area (Å²) in [5, 5.41) is 0.892. The van der Waals surface area contributed by atoms with Crippen LogP contribution in [0.4, 0.5) is 5.69 Å². The van der Waals surface area contributed by atoms with Crippen LogP contribution in [0.3, 0.4) is 0 Å². The van der Waals surface area contributed by atoms with Crippen LogP contribution >= 0.6 is 0 Å². The van der Waals surface area contributed by atoms with Gasteiger partial charge in [-0.05, 0) is 47.5 Å². The molecule has 0 N–H and O–H groups in total. The van der Waals surface area contributed by atoms with E-state index in [0.29, 0.717) is 23.2 Å². The number of carbonyl (C=O) groups excluding carboxylic acids is 2. The van der Waals surface area contributed by atoms with Crippen molar-refractivity contribution in [2.45, 2.75) is 13.3 Å². The molecular weight excluding hydrogens is 342 g/mol. The van der Waals surface area contributed by atoms with Crippen LogP contribution in [-0.4, -0.2) is 11.9 Å². The van der Waals surface area contributed by atoms with E-state index in [9.17, 15) is 9.59 Å². The van der Waals surface area contributed by atoms with E-state index in [1.807, 2.05) is 19.1 Å². The van der Waals surface area contributed by atoms with Gasteiger partial charge in [0.25, 0.3) is 0 Å². The monoisotopic (exact) mass is 361 g/mol. The first-order valence-corrected chi connectivity index (χ1v) is 8.61. The van der Waals surface area contributed by atoms with Crippen LogP contribution in [0.15, 0.2) is 84.9 Å². The molecule has 0 aromatic heterocycles. The number of hydrogen-bond acceptors (Lipinski definition) is 5. The molecule has 3 aromatic carbocycles. The van der Waals surface area contributed by atoms with Crippen LogP contribution in [0.25, 0.3) is 0 Å². The van der Waals surface area contributed by atoms with Crippen molar-refractivity contribution >= 4 is 17.6 Å². The Bertz CT molecular complexity index is 856. The van der Waals surface area contributed by atoms with E-state index >= 15 is 0 Å². The van der Waals surface area contributed by atoms with E-state index < -0.39 is 11.9 Å². The maximum absolute atomic E-state index is 12.5. The van der Waals surface area contributed by atoms with Gasteiger partial charge in [0.05, 0.1) is 11.1 Å². The average Bonchev–Trinajstić information content (AvgIpc) is 2.74. The Kier molecular flexibility index (Phi) is 5.84. The molecule has 0 spiro atoms. The molecule has 0 saturated heterocycles. The highest BCUT2D eigenvalue weighted by Crippen LogP contribution is 2.23. The van der Waals surface area contributed by atoms with Crippen molar-refractivity contribution in [1.29, 1.82) is 0 Å². The minimum Gasteiger partial charge on any atom is -0.300 e. The average molecular weight is 361 g/mol. The summed E-state index contributed by atoms with van der Waals surface area (Å²) in [6.07, 6.45) is 0.679. The van der Waals surface area contributed by atoms with Crippen molar-refractivity contribution in [3.05, 3.63) is 102 Å². The fourth-order valence-electron chi connectivity index (χ4n) is 2.51. The standard InChI is InChI=1S/C22H19NO4/c1-2-17-11-9-10-16-20(17)23(26-21(24)18-12-5-3-6-13-18)27-22(25)19-14-7-4-8-15-19/h3-16H,2H2,1H3. The largest absolute Gasteiger partial charge is 0.367 e. The quantitative estimate of drug-likeness (QED) is 0.601. The number of benzene rings is 3. The molecule has 0 heterocycles. The van der Waals surface area contributed by atoms with Gasteiger partial charge in [-0.3, -0.25) is 0 Å². The third kappa shape index (κ3) is 4.52. The molecule has 136 valence electrons. The zero-order valence-electron chi connectivity index (χ0n) is 14.9. The molecule has 0 atom stereocenters. The molecule has 5 heteroatoms. The molecule has 0 radical (unpaired) electrons. The normalized spacial score (nSPS) is 10.1. The highest BCUT2D eigenvalue weighted by atomic mass is 17.0. The molecule has 0 aliphatic rings. The summed E-state index contributed by atoms with van der Waals surface area (Å²) in [6, 6.07) is 24.3. The van der Waals surface area contributed by atoms with Crippen molar-refractivity contribution in [2.24, 2.45) is 0 Å². The minimum absolute atomic E-state index is 0.354. The Labute approximate surface area is 157 Å². The summed E-state index contributed by atoms with van der Waals surface area (Å²) in [5.41, 5.74) is 2.08. The van der Waals surface area contributed by atoms with Gasteiger partial charge in [0, 0.05) is 0 Å². The van der Waals surface area contributed by atoms with Crippen molar-refractivity contribution in [2.75, 3.05) is 5.23 Å². The van der Waals surface area contributed by atoms with Gasteiger partial charge >= 0.3 is 11.9 Å². The highest BCUT2D eigenvalue weighted by molar-refractivity contribution is 5.91. The molecular formula is C22H19NO4. The third-order valence-corrected chi connectivity index (χ3v) is 3.92. The van der Waals surface area contributed by atoms with Crippen LogP contribution in [0.2, 0.25) is 0 Å². The zero-order chi connectivity index (χ0) is 19.1. The second kappa shape index (κ2) is 8.67. The van der Waals surface area contributed by atoms with Gasteiger partial charge in [0.2, 0.25) is 0 Å². The van der Waals surface area contributed by atoms with Crippen molar-refractivity contribution in [1.82, 2.24) is 0 Å². The summed E-state index contributed by atoms with van der Waals surface area (Å²) < 4.78 is 0. The number of rotatable bonds is 6. The lowest BCUT2D eigenvalue weighted by atomic mass is 10.1. The highest BCUT2D eigenvalue weighted by Gasteiger charge is 2.22. The van der Waals surface area contributed by atoms with Crippen LogP contribution in [-0.2, 0) is 16.1 Å². The lowest BCUT2D eigenvalue weighted by molar-refractivity contribution is -0.0396. The molecule has 0 unspecified atom stereocenters. The smallest absolute Gasteiger partial charge is 0.300 e. The molecule has 0 aliphatic carbocycles. The Morgan fingerprint density at radius 1 is 0.704 bits per heavy atom. The first-order valence-electron chi connectivity index (χ1n) is 8.61. The fraction of sp³-hybridized carbons (Fsp3) is 0.0909. The first kappa shape index (κ1) is 18.2. The van der Waals surface area contributed by atoms with Gasteiger partial charge in [-0.25, -0.2) is 9.59 Å². The first-order chi connectivity index (χ1) is 13.2. The van der Waals surface area contributed by atoms with Crippen LogP contribution in [0, 0.1) is 0 Å². The van der Waals surface area contributed by atoms with E-state index in [-0.39, 0.29) is 0 Å². The molecule has 3 rings (SSSR count). The molecule has 0 amide bonds. The number of hydrogen-bond donors (Lipinski definition) is 0. The summed E-state index contributed by atoms with van der Waals surface area (Å²) >= 11 is 0. The summed E-state index contributed by atoms with van der Waals surface area (Å²) in [7, 11) is 0. The van der Waals surface area contributed by atoms with Crippen LogP contribution in [0.1, 0.15) is 33.2 Å². The number of nitrogens with zero attached hydrogens (tertiary/aromatic N) is 1. The topological polar surface area (TPSA) is 55.8 Å². The van der Waals surface area contributed by atoms with E-state index in [4.69, 9.17) is 9.68 Å². The molecule has 3 aromatic rings. The van der Waals surface area contributed by atoms with Gasteiger partial charge in [-0.15, -0.1) is 0 Å². The minimum atomic E-state index is -0.623. The lowest BCUT2D eigenvalue weighted by Crippen LogP contribution is -2.31. The Balaban J connectivity index is 1.89. The van der Waals surface area contributed by atoms with Crippen LogP contribution < -0.4 is 5.23 Å².